The maximum Gasteiger partial charge on any atom is 0.188 e. The van der Waals surface area contributed by atoms with Crippen molar-refractivity contribution in [2.24, 2.45) is 5.73 Å². The molecule has 0 aromatic carbocycles. The highest BCUT2D eigenvalue weighted by Crippen LogP contribution is 2.26. The number of thioether (sulfide) groups is 1. The number of nitrogen functional groups attached to an aromatic ring is 1. The van der Waals surface area contributed by atoms with Crippen molar-refractivity contribution in [2.75, 3.05) is 13.2 Å². The summed E-state index contributed by atoms with van der Waals surface area (Å²) in [5, 5.41) is 8.51. The Morgan fingerprint density at radius 2 is 2.25 bits per heavy atom. The van der Waals surface area contributed by atoms with E-state index in [-0.39, 0.29) is 5.84 Å². The van der Waals surface area contributed by atoms with Gasteiger partial charge < -0.3 is 10.5 Å². The Balaban J connectivity index is 2.02. The lowest BCUT2D eigenvalue weighted by Gasteiger charge is -2.20. The van der Waals surface area contributed by atoms with E-state index >= 15 is 0 Å². The third-order valence-electron chi connectivity index (χ3n) is 2.35. The first kappa shape index (κ1) is 11.3. The van der Waals surface area contributed by atoms with Crippen molar-refractivity contribution in [3.05, 3.63) is 18.0 Å². The van der Waals surface area contributed by atoms with Crippen LogP contribution in [0.3, 0.4) is 0 Å². The number of amidine groups is 1. The van der Waals surface area contributed by atoms with Gasteiger partial charge in [-0.2, -0.15) is 0 Å². The van der Waals surface area contributed by atoms with Crippen LogP contribution in [0.5, 0.6) is 0 Å². The summed E-state index contributed by atoms with van der Waals surface area (Å²) in [6, 6.07) is 1.65. The lowest BCUT2D eigenvalue weighted by Crippen LogP contribution is -2.18. The topological polar surface area (TPSA) is 84.9 Å². The van der Waals surface area contributed by atoms with E-state index in [0.717, 1.165) is 26.1 Å². The number of hydrogen-bond acceptors (Lipinski definition) is 5. The largest absolute Gasteiger partial charge is 0.382 e. The molecule has 1 aliphatic rings. The van der Waals surface area contributed by atoms with Gasteiger partial charge in [-0.15, -0.1) is 0 Å². The molecule has 2 heterocycles. The zero-order valence-electron chi connectivity index (χ0n) is 8.85. The number of rotatable bonds is 3. The predicted octanol–water partition coefficient (Wildman–Crippen LogP) is 1.03. The van der Waals surface area contributed by atoms with Gasteiger partial charge >= 0.3 is 0 Å². The van der Waals surface area contributed by atoms with Crippen LogP contribution < -0.4 is 5.73 Å². The lowest BCUT2D eigenvalue weighted by molar-refractivity contribution is 0.1000. The number of nitrogens with two attached hydrogens (primary N) is 1. The molecule has 0 atom stereocenters. The van der Waals surface area contributed by atoms with Crippen molar-refractivity contribution in [2.45, 2.75) is 23.2 Å². The molecule has 0 bridgehead atoms. The van der Waals surface area contributed by atoms with E-state index in [1.807, 2.05) is 0 Å². The summed E-state index contributed by atoms with van der Waals surface area (Å²) in [6.07, 6.45) is 3.70. The second kappa shape index (κ2) is 5.27. The standard InChI is InChI=1S/C10H14N4OS/c11-9(12)8-1-4-13-10(14-8)16-7-2-5-15-6-3-7/h1,4,7H,2-3,5-6H2,(H3,11,12). The number of nitrogens with zero attached hydrogens (tertiary/aromatic N) is 2. The van der Waals surface area contributed by atoms with Gasteiger partial charge in [-0.1, -0.05) is 11.8 Å². The Bertz CT molecular complexity index is 379. The number of hydrogen-bond donors (Lipinski definition) is 2. The first-order valence-electron chi connectivity index (χ1n) is 5.17. The van der Waals surface area contributed by atoms with Gasteiger partial charge in [0.25, 0.3) is 0 Å². The van der Waals surface area contributed by atoms with Crippen molar-refractivity contribution in [3.8, 4) is 0 Å². The van der Waals surface area contributed by atoms with Gasteiger partial charge in [0.2, 0.25) is 0 Å². The van der Waals surface area contributed by atoms with Crippen LogP contribution in [-0.4, -0.2) is 34.3 Å². The molecule has 2 rings (SSSR count). The normalized spacial score (nSPS) is 17.2. The third kappa shape index (κ3) is 2.93. The number of ether oxygens (including phenoxy) is 1. The zero-order valence-corrected chi connectivity index (χ0v) is 9.67. The SMILES string of the molecule is N=C(N)c1ccnc(SC2CCOCC2)n1. The summed E-state index contributed by atoms with van der Waals surface area (Å²) in [5.41, 5.74) is 5.87. The molecule has 16 heavy (non-hydrogen) atoms. The van der Waals surface area contributed by atoms with Crippen LogP contribution >= 0.6 is 11.8 Å². The Morgan fingerprint density at radius 1 is 1.50 bits per heavy atom. The Morgan fingerprint density at radius 3 is 2.94 bits per heavy atom. The van der Waals surface area contributed by atoms with Gasteiger partial charge in [-0.25, -0.2) is 9.97 Å². The van der Waals surface area contributed by atoms with Gasteiger partial charge in [0.1, 0.15) is 11.5 Å². The van der Waals surface area contributed by atoms with E-state index in [0.29, 0.717) is 16.1 Å². The summed E-state index contributed by atoms with van der Waals surface area (Å²) in [5.74, 6) is -0.0174. The van der Waals surface area contributed by atoms with E-state index < -0.39 is 0 Å². The quantitative estimate of drug-likeness (QED) is 0.467. The summed E-state index contributed by atoms with van der Waals surface area (Å²) < 4.78 is 5.29. The maximum absolute atomic E-state index is 7.31. The van der Waals surface area contributed by atoms with Gasteiger partial charge in [-0.3, -0.25) is 5.41 Å². The molecule has 6 heteroatoms. The first-order valence-corrected chi connectivity index (χ1v) is 6.05. The van der Waals surface area contributed by atoms with E-state index in [1.54, 1.807) is 24.0 Å². The molecule has 86 valence electrons. The Labute approximate surface area is 98.3 Å². The molecular weight excluding hydrogens is 224 g/mol. The second-order valence-electron chi connectivity index (χ2n) is 3.57. The molecule has 0 aliphatic carbocycles. The maximum atomic E-state index is 7.31. The average molecular weight is 238 g/mol. The molecule has 1 aliphatic heterocycles. The molecule has 1 saturated heterocycles. The van der Waals surface area contributed by atoms with Crippen molar-refractivity contribution in [3.63, 3.8) is 0 Å². The van der Waals surface area contributed by atoms with Crippen molar-refractivity contribution < 1.29 is 4.74 Å². The minimum atomic E-state index is -0.0174. The molecule has 0 saturated carbocycles. The second-order valence-corrected chi connectivity index (χ2v) is 4.84. The fourth-order valence-electron chi connectivity index (χ4n) is 1.49. The van der Waals surface area contributed by atoms with Gasteiger partial charge in [0, 0.05) is 24.7 Å². The molecular formula is C10H14N4OS. The Kier molecular flexibility index (Phi) is 3.74. The highest BCUT2D eigenvalue weighted by atomic mass is 32.2. The molecule has 0 unspecified atom stereocenters. The number of nitrogens with one attached hydrogen (secondary N) is 1. The van der Waals surface area contributed by atoms with Crippen molar-refractivity contribution in [1.29, 1.82) is 5.41 Å². The molecule has 1 aromatic rings. The van der Waals surface area contributed by atoms with E-state index in [9.17, 15) is 0 Å². The van der Waals surface area contributed by atoms with Crippen LogP contribution in [0.2, 0.25) is 0 Å². The molecule has 0 radical (unpaired) electrons. The molecule has 1 aromatic heterocycles. The highest BCUT2D eigenvalue weighted by molar-refractivity contribution is 7.99. The van der Waals surface area contributed by atoms with Gasteiger partial charge in [-0.05, 0) is 18.9 Å². The minimum Gasteiger partial charge on any atom is -0.382 e. The van der Waals surface area contributed by atoms with Crippen LogP contribution in [0.15, 0.2) is 17.4 Å². The summed E-state index contributed by atoms with van der Waals surface area (Å²) in [6.45, 7) is 1.62. The summed E-state index contributed by atoms with van der Waals surface area (Å²) >= 11 is 1.64. The zero-order chi connectivity index (χ0) is 11.4. The predicted molar refractivity (Wildman–Crippen MR) is 62.7 cm³/mol. The smallest absolute Gasteiger partial charge is 0.188 e. The van der Waals surface area contributed by atoms with Crippen LogP contribution in [0.1, 0.15) is 18.5 Å². The van der Waals surface area contributed by atoms with E-state index in [2.05, 4.69) is 9.97 Å². The van der Waals surface area contributed by atoms with Crippen molar-refractivity contribution in [1.82, 2.24) is 9.97 Å². The first-order chi connectivity index (χ1) is 7.75. The molecule has 0 spiro atoms. The Hall–Kier alpha value is -1.14. The average Bonchev–Trinajstić information content (AvgIpc) is 2.30. The lowest BCUT2D eigenvalue weighted by atomic mass is 10.2. The fourth-order valence-corrected chi connectivity index (χ4v) is 2.49. The fraction of sp³-hybridized carbons (Fsp3) is 0.500. The van der Waals surface area contributed by atoms with Crippen molar-refractivity contribution >= 4 is 17.6 Å². The molecule has 5 nitrogen and oxygen atoms in total. The number of aromatic nitrogens is 2. The van der Waals surface area contributed by atoms with Crippen LogP contribution in [0, 0.1) is 5.41 Å². The van der Waals surface area contributed by atoms with Crippen LogP contribution in [0.25, 0.3) is 0 Å². The van der Waals surface area contributed by atoms with Crippen LogP contribution in [0.4, 0.5) is 0 Å². The van der Waals surface area contributed by atoms with Crippen LogP contribution in [-0.2, 0) is 4.74 Å². The van der Waals surface area contributed by atoms with Gasteiger partial charge in [0.05, 0.1) is 0 Å². The third-order valence-corrected chi connectivity index (χ3v) is 3.56. The molecule has 0 amide bonds. The van der Waals surface area contributed by atoms with E-state index in [1.165, 1.54) is 0 Å². The molecule has 1 fully saturated rings. The summed E-state index contributed by atoms with van der Waals surface area (Å²) in [7, 11) is 0. The summed E-state index contributed by atoms with van der Waals surface area (Å²) in [4.78, 5) is 8.40. The monoisotopic (exact) mass is 238 g/mol. The molecule has 3 N–H and O–H groups in total. The van der Waals surface area contributed by atoms with Gasteiger partial charge in [0.15, 0.2) is 5.16 Å². The van der Waals surface area contributed by atoms with E-state index in [4.69, 9.17) is 15.9 Å². The minimum absolute atomic E-state index is 0.0174. The highest BCUT2D eigenvalue weighted by Gasteiger charge is 2.16.